The van der Waals surface area contributed by atoms with Crippen LogP contribution in [0.1, 0.15) is 18.2 Å². The van der Waals surface area contributed by atoms with Crippen molar-refractivity contribution in [1.82, 2.24) is 14.7 Å². The van der Waals surface area contributed by atoms with Gasteiger partial charge in [-0.05, 0) is 12.1 Å². The van der Waals surface area contributed by atoms with Crippen LogP contribution in [-0.4, -0.2) is 38.2 Å². The van der Waals surface area contributed by atoms with Crippen LogP contribution in [0.5, 0.6) is 0 Å². The van der Waals surface area contributed by atoms with Crippen LogP contribution >= 0.6 is 0 Å². The van der Waals surface area contributed by atoms with Gasteiger partial charge in [0.15, 0.2) is 0 Å². The van der Waals surface area contributed by atoms with Gasteiger partial charge in [-0.15, -0.1) is 0 Å². The van der Waals surface area contributed by atoms with Crippen molar-refractivity contribution in [2.45, 2.75) is 26.4 Å². The van der Waals surface area contributed by atoms with Crippen LogP contribution in [0.2, 0.25) is 0 Å². The van der Waals surface area contributed by atoms with E-state index in [-0.39, 0.29) is 12.5 Å². The minimum atomic E-state index is -1.01. The SMILES string of the molecule is CC(=O)N1CCc2c(c(-c3ccccc3F)nn2CC(=O)O)C1. The molecule has 23 heavy (non-hydrogen) atoms. The first kappa shape index (κ1) is 15.2. The number of carbonyl (C=O) groups excluding carboxylic acids is 1. The molecule has 1 aliphatic rings. The predicted octanol–water partition coefficient (Wildman–Crippen LogP) is 1.68. The van der Waals surface area contributed by atoms with Gasteiger partial charge in [0.1, 0.15) is 18.1 Å². The molecule has 1 amide bonds. The van der Waals surface area contributed by atoms with Crippen LogP contribution in [0.15, 0.2) is 24.3 Å². The van der Waals surface area contributed by atoms with Gasteiger partial charge in [-0.1, -0.05) is 12.1 Å². The molecule has 1 aromatic heterocycles. The monoisotopic (exact) mass is 317 g/mol. The summed E-state index contributed by atoms with van der Waals surface area (Å²) >= 11 is 0. The molecule has 2 heterocycles. The summed E-state index contributed by atoms with van der Waals surface area (Å²) in [7, 11) is 0. The number of carboxylic acids is 1. The second-order valence-electron chi connectivity index (χ2n) is 5.50. The number of benzene rings is 1. The molecule has 120 valence electrons. The summed E-state index contributed by atoms with van der Waals surface area (Å²) in [6, 6.07) is 6.23. The van der Waals surface area contributed by atoms with E-state index in [2.05, 4.69) is 5.10 Å². The van der Waals surface area contributed by atoms with Gasteiger partial charge in [0.2, 0.25) is 5.91 Å². The van der Waals surface area contributed by atoms with E-state index >= 15 is 0 Å². The largest absolute Gasteiger partial charge is 0.480 e. The number of halogens is 1. The van der Waals surface area contributed by atoms with Crippen molar-refractivity contribution in [3.05, 3.63) is 41.3 Å². The zero-order valence-electron chi connectivity index (χ0n) is 12.6. The third-order valence-electron chi connectivity index (χ3n) is 3.99. The minimum Gasteiger partial charge on any atom is -0.480 e. The van der Waals surface area contributed by atoms with E-state index < -0.39 is 11.8 Å². The molecule has 1 aromatic carbocycles. The van der Waals surface area contributed by atoms with Gasteiger partial charge in [0, 0.05) is 43.3 Å². The Morgan fingerprint density at radius 2 is 2.09 bits per heavy atom. The Morgan fingerprint density at radius 3 is 2.74 bits per heavy atom. The molecule has 0 unspecified atom stereocenters. The number of carboxylic acid groups (broad SMARTS) is 1. The Balaban J connectivity index is 2.12. The molecule has 1 aliphatic heterocycles. The number of aromatic nitrogens is 2. The van der Waals surface area contributed by atoms with Crippen LogP contribution in [-0.2, 0) is 29.1 Å². The molecule has 1 N–H and O–H groups in total. The summed E-state index contributed by atoms with van der Waals surface area (Å²) in [5.74, 6) is -1.50. The molecule has 0 aliphatic carbocycles. The van der Waals surface area contributed by atoms with Crippen molar-refractivity contribution in [2.24, 2.45) is 0 Å². The van der Waals surface area contributed by atoms with Crippen LogP contribution in [0.3, 0.4) is 0 Å². The van der Waals surface area contributed by atoms with Crippen molar-refractivity contribution in [3.63, 3.8) is 0 Å². The first-order chi connectivity index (χ1) is 11.0. The summed E-state index contributed by atoms with van der Waals surface area (Å²) in [5, 5.41) is 13.4. The molecule has 0 spiro atoms. The van der Waals surface area contributed by atoms with Crippen molar-refractivity contribution in [2.75, 3.05) is 6.54 Å². The first-order valence-corrected chi connectivity index (χ1v) is 7.28. The van der Waals surface area contributed by atoms with Crippen LogP contribution in [0.25, 0.3) is 11.3 Å². The fourth-order valence-electron chi connectivity index (χ4n) is 2.89. The molecule has 3 rings (SSSR count). The van der Waals surface area contributed by atoms with E-state index in [1.807, 2.05) is 0 Å². The summed E-state index contributed by atoms with van der Waals surface area (Å²) in [6.07, 6.45) is 0.504. The molecule has 0 saturated carbocycles. The van der Waals surface area contributed by atoms with Gasteiger partial charge >= 0.3 is 5.97 Å². The summed E-state index contributed by atoms with van der Waals surface area (Å²) < 4.78 is 15.5. The number of aliphatic carboxylic acids is 1. The van der Waals surface area contributed by atoms with Crippen molar-refractivity contribution in [3.8, 4) is 11.3 Å². The molecular formula is C16H16FN3O3. The number of rotatable bonds is 3. The minimum absolute atomic E-state index is 0.0684. The average molecular weight is 317 g/mol. The third kappa shape index (κ3) is 2.81. The molecule has 6 nitrogen and oxygen atoms in total. The Labute approximate surface area is 132 Å². The Kier molecular flexibility index (Phi) is 3.85. The number of hydrogen-bond donors (Lipinski definition) is 1. The second kappa shape index (κ2) is 5.83. The molecule has 2 aromatic rings. The number of hydrogen-bond acceptors (Lipinski definition) is 3. The highest BCUT2D eigenvalue weighted by atomic mass is 19.1. The van der Waals surface area contributed by atoms with Gasteiger partial charge in [-0.3, -0.25) is 14.3 Å². The predicted molar refractivity (Wildman–Crippen MR) is 80.1 cm³/mol. The Morgan fingerprint density at radius 1 is 1.35 bits per heavy atom. The number of carbonyl (C=O) groups is 2. The fourth-order valence-corrected chi connectivity index (χ4v) is 2.89. The van der Waals surface area contributed by atoms with Crippen molar-refractivity contribution >= 4 is 11.9 Å². The van der Waals surface area contributed by atoms with Gasteiger partial charge < -0.3 is 10.0 Å². The van der Waals surface area contributed by atoms with E-state index in [0.717, 1.165) is 11.3 Å². The number of fused-ring (bicyclic) bond motifs is 1. The molecule has 0 fully saturated rings. The summed E-state index contributed by atoms with van der Waals surface area (Å²) in [4.78, 5) is 24.3. The molecule has 7 heteroatoms. The van der Waals surface area contributed by atoms with Gasteiger partial charge in [-0.25, -0.2) is 4.39 Å². The van der Waals surface area contributed by atoms with Gasteiger partial charge in [-0.2, -0.15) is 5.10 Å². The second-order valence-corrected chi connectivity index (χ2v) is 5.50. The maximum absolute atomic E-state index is 14.1. The topological polar surface area (TPSA) is 75.4 Å². The highest BCUT2D eigenvalue weighted by Crippen LogP contribution is 2.31. The van der Waals surface area contributed by atoms with E-state index in [1.165, 1.54) is 17.7 Å². The Bertz CT molecular complexity index is 785. The summed E-state index contributed by atoms with van der Waals surface area (Å²) in [6.45, 7) is 2.02. The third-order valence-corrected chi connectivity index (χ3v) is 3.99. The lowest BCUT2D eigenvalue weighted by Crippen LogP contribution is -2.35. The number of amides is 1. The van der Waals surface area contributed by atoms with Gasteiger partial charge in [0.25, 0.3) is 0 Å². The average Bonchev–Trinajstić information content (AvgIpc) is 2.85. The smallest absolute Gasteiger partial charge is 0.325 e. The summed E-state index contributed by atoms with van der Waals surface area (Å²) in [5.41, 5.74) is 2.20. The normalized spacial score (nSPS) is 13.7. The van der Waals surface area contributed by atoms with Crippen molar-refractivity contribution < 1.29 is 19.1 Å². The highest BCUT2D eigenvalue weighted by Gasteiger charge is 2.28. The zero-order valence-corrected chi connectivity index (χ0v) is 12.6. The van der Waals surface area contributed by atoms with E-state index in [1.54, 1.807) is 23.1 Å². The zero-order chi connectivity index (χ0) is 16.6. The van der Waals surface area contributed by atoms with Crippen molar-refractivity contribution in [1.29, 1.82) is 0 Å². The molecule has 0 atom stereocenters. The Hall–Kier alpha value is -2.70. The van der Waals surface area contributed by atoms with Crippen LogP contribution in [0, 0.1) is 5.82 Å². The lowest BCUT2D eigenvalue weighted by atomic mass is 10.0. The van der Waals surface area contributed by atoms with E-state index in [9.17, 15) is 14.0 Å². The molecule has 0 bridgehead atoms. The van der Waals surface area contributed by atoms with Crippen LogP contribution in [0.4, 0.5) is 4.39 Å². The number of nitrogens with zero attached hydrogens (tertiary/aromatic N) is 3. The lowest BCUT2D eigenvalue weighted by molar-refractivity contribution is -0.138. The maximum Gasteiger partial charge on any atom is 0.325 e. The van der Waals surface area contributed by atoms with Gasteiger partial charge in [0.05, 0.1) is 0 Å². The molecular weight excluding hydrogens is 301 g/mol. The quantitative estimate of drug-likeness (QED) is 0.934. The molecule has 0 saturated heterocycles. The lowest BCUT2D eigenvalue weighted by Gasteiger charge is -2.26. The standard InChI is InChI=1S/C16H16FN3O3/c1-10(21)19-7-6-14-12(8-19)16(18-20(14)9-15(22)23)11-4-2-3-5-13(11)17/h2-5H,6-9H2,1H3,(H,22,23). The maximum atomic E-state index is 14.1. The van der Waals surface area contributed by atoms with Crippen LogP contribution < -0.4 is 0 Å². The van der Waals surface area contributed by atoms with E-state index in [0.29, 0.717) is 30.8 Å². The first-order valence-electron chi connectivity index (χ1n) is 7.28. The van der Waals surface area contributed by atoms with E-state index in [4.69, 9.17) is 5.11 Å². The highest BCUT2D eigenvalue weighted by molar-refractivity contribution is 5.75. The fraction of sp³-hybridized carbons (Fsp3) is 0.312. The molecule has 0 radical (unpaired) electrons.